The molecule has 0 radical (unpaired) electrons. The van der Waals surface area contributed by atoms with Crippen LogP contribution >= 0.6 is 11.8 Å². The molecule has 5 heteroatoms. The van der Waals surface area contributed by atoms with Gasteiger partial charge in [-0.3, -0.25) is 4.79 Å². The van der Waals surface area contributed by atoms with Crippen LogP contribution in [0, 0.1) is 0 Å². The minimum atomic E-state index is 0.0385. The van der Waals surface area contributed by atoms with Crippen molar-refractivity contribution < 1.29 is 9.90 Å². The Kier molecular flexibility index (Phi) is 6.16. The zero-order valence-electron chi connectivity index (χ0n) is 10.1. The summed E-state index contributed by atoms with van der Waals surface area (Å²) in [5.74, 6) is 2.29. The van der Waals surface area contributed by atoms with E-state index in [0.29, 0.717) is 19.0 Å². The molecule has 1 atom stereocenters. The van der Waals surface area contributed by atoms with Crippen molar-refractivity contribution in [3.63, 3.8) is 0 Å². The first-order valence-electron chi connectivity index (χ1n) is 5.86. The van der Waals surface area contributed by atoms with E-state index in [2.05, 4.69) is 5.32 Å². The van der Waals surface area contributed by atoms with Gasteiger partial charge in [-0.05, 0) is 13.8 Å². The first kappa shape index (κ1) is 13.8. The van der Waals surface area contributed by atoms with Crippen LogP contribution in [0.15, 0.2) is 0 Å². The predicted octanol–water partition coefficient (Wildman–Crippen LogP) is 0.311. The fourth-order valence-electron chi connectivity index (χ4n) is 1.86. The zero-order valence-corrected chi connectivity index (χ0v) is 10.9. The number of aliphatic hydroxyl groups is 1. The highest BCUT2D eigenvalue weighted by atomic mass is 32.2. The highest BCUT2D eigenvalue weighted by Crippen LogP contribution is 2.12. The van der Waals surface area contributed by atoms with Gasteiger partial charge in [-0.2, -0.15) is 11.8 Å². The minimum Gasteiger partial charge on any atom is -0.395 e. The Morgan fingerprint density at radius 1 is 1.62 bits per heavy atom. The summed E-state index contributed by atoms with van der Waals surface area (Å²) in [6.07, 6.45) is 0.547. The molecule has 0 spiro atoms. The molecule has 0 saturated carbocycles. The molecular formula is C11H22N2O2S. The number of carbonyl (C=O) groups is 1. The average Bonchev–Trinajstić information content (AvgIpc) is 2.26. The summed E-state index contributed by atoms with van der Waals surface area (Å²) in [6.45, 7) is 5.44. The number of nitrogens with zero attached hydrogens (tertiary/aromatic N) is 1. The molecule has 0 aromatic carbocycles. The van der Waals surface area contributed by atoms with Crippen molar-refractivity contribution in [1.82, 2.24) is 10.2 Å². The van der Waals surface area contributed by atoms with Crippen LogP contribution in [0.2, 0.25) is 0 Å². The largest absolute Gasteiger partial charge is 0.395 e. The third kappa shape index (κ3) is 4.31. The van der Waals surface area contributed by atoms with E-state index in [0.717, 1.165) is 18.1 Å². The van der Waals surface area contributed by atoms with Crippen LogP contribution in [0.25, 0.3) is 0 Å². The van der Waals surface area contributed by atoms with Gasteiger partial charge in [-0.1, -0.05) is 0 Å². The molecule has 0 aliphatic carbocycles. The van der Waals surface area contributed by atoms with Gasteiger partial charge in [0.05, 0.1) is 6.61 Å². The summed E-state index contributed by atoms with van der Waals surface area (Å²) in [6, 6.07) is 0.460. The minimum absolute atomic E-state index is 0.0385. The van der Waals surface area contributed by atoms with Crippen molar-refractivity contribution in [2.75, 3.05) is 31.2 Å². The van der Waals surface area contributed by atoms with E-state index in [1.54, 1.807) is 4.90 Å². The molecule has 16 heavy (non-hydrogen) atoms. The molecule has 0 bridgehead atoms. The molecule has 1 heterocycles. The summed E-state index contributed by atoms with van der Waals surface area (Å²) in [5, 5.41) is 12.3. The Morgan fingerprint density at radius 3 is 2.88 bits per heavy atom. The average molecular weight is 246 g/mol. The van der Waals surface area contributed by atoms with Gasteiger partial charge in [0.1, 0.15) is 0 Å². The fraction of sp³-hybridized carbons (Fsp3) is 0.909. The number of hydrogen-bond donors (Lipinski definition) is 2. The molecular weight excluding hydrogens is 224 g/mol. The van der Waals surface area contributed by atoms with Gasteiger partial charge in [-0.15, -0.1) is 0 Å². The summed E-state index contributed by atoms with van der Waals surface area (Å²) in [4.78, 5) is 13.8. The van der Waals surface area contributed by atoms with Crippen LogP contribution in [0.5, 0.6) is 0 Å². The predicted molar refractivity (Wildman–Crippen MR) is 67.7 cm³/mol. The van der Waals surface area contributed by atoms with Crippen molar-refractivity contribution in [2.24, 2.45) is 0 Å². The van der Waals surface area contributed by atoms with Crippen LogP contribution in [0.4, 0.5) is 0 Å². The van der Waals surface area contributed by atoms with Crippen LogP contribution in [0.1, 0.15) is 20.3 Å². The second kappa shape index (κ2) is 7.14. The van der Waals surface area contributed by atoms with Gasteiger partial charge < -0.3 is 15.3 Å². The lowest BCUT2D eigenvalue weighted by molar-refractivity contribution is -0.133. The Labute approximate surface area is 102 Å². The van der Waals surface area contributed by atoms with Crippen molar-refractivity contribution >= 4 is 17.7 Å². The monoisotopic (exact) mass is 246 g/mol. The van der Waals surface area contributed by atoms with Gasteiger partial charge in [0.25, 0.3) is 0 Å². The summed E-state index contributed by atoms with van der Waals surface area (Å²) >= 11 is 1.90. The molecule has 2 N–H and O–H groups in total. The molecule has 0 aromatic rings. The number of rotatable bonds is 5. The second-order valence-electron chi connectivity index (χ2n) is 4.33. The van der Waals surface area contributed by atoms with Crippen LogP contribution in [-0.2, 0) is 4.79 Å². The standard InChI is InChI=1S/C11H22N2O2S/c1-9(2)13(4-5-14)11(15)7-10-8-16-6-3-12-10/h9-10,12,14H,3-8H2,1-2H3. The van der Waals surface area contributed by atoms with E-state index in [9.17, 15) is 4.79 Å². The molecule has 0 aromatic heterocycles. The van der Waals surface area contributed by atoms with E-state index >= 15 is 0 Å². The molecule has 1 aliphatic heterocycles. The van der Waals surface area contributed by atoms with E-state index in [4.69, 9.17) is 5.11 Å². The lowest BCUT2D eigenvalue weighted by Crippen LogP contribution is -2.45. The molecule has 1 rings (SSSR count). The van der Waals surface area contributed by atoms with Gasteiger partial charge in [0.15, 0.2) is 0 Å². The molecule has 94 valence electrons. The molecule has 1 fully saturated rings. The molecule has 4 nitrogen and oxygen atoms in total. The Bertz CT molecular complexity index is 218. The first-order chi connectivity index (χ1) is 7.65. The van der Waals surface area contributed by atoms with Crippen LogP contribution in [0.3, 0.4) is 0 Å². The van der Waals surface area contributed by atoms with Crippen molar-refractivity contribution in [3.8, 4) is 0 Å². The van der Waals surface area contributed by atoms with E-state index in [1.807, 2.05) is 25.6 Å². The topological polar surface area (TPSA) is 52.6 Å². The summed E-state index contributed by atoms with van der Waals surface area (Å²) < 4.78 is 0. The lowest BCUT2D eigenvalue weighted by Gasteiger charge is -2.29. The third-order valence-corrected chi connectivity index (χ3v) is 3.83. The van der Waals surface area contributed by atoms with Gasteiger partial charge >= 0.3 is 0 Å². The number of aliphatic hydroxyl groups excluding tert-OH is 1. The van der Waals surface area contributed by atoms with E-state index in [1.165, 1.54) is 0 Å². The van der Waals surface area contributed by atoms with Crippen LogP contribution < -0.4 is 5.32 Å². The highest BCUT2D eigenvalue weighted by molar-refractivity contribution is 7.99. The number of thioether (sulfide) groups is 1. The number of amides is 1. The summed E-state index contributed by atoms with van der Waals surface area (Å²) in [7, 11) is 0. The Morgan fingerprint density at radius 2 is 2.38 bits per heavy atom. The van der Waals surface area contributed by atoms with E-state index in [-0.39, 0.29) is 18.6 Å². The lowest BCUT2D eigenvalue weighted by atomic mass is 10.2. The second-order valence-corrected chi connectivity index (χ2v) is 5.48. The van der Waals surface area contributed by atoms with Crippen molar-refractivity contribution in [2.45, 2.75) is 32.4 Å². The van der Waals surface area contributed by atoms with Crippen molar-refractivity contribution in [1.29, 1.82) is 0 Å². The SMILES string of the molecule is CC(C)N(CCO)C(=O)CC1CSCCN1. The number of hydrogen-bond acceptors (Lipinski definition) is 4. The Balaban J connectivity index is 2.40. The zero-order chi connectivity index (χ0) is 12.0. The smallest absolute Gasteiger partial charge is 0.224 e. The molecule has 1 saturated heterocycles. The van der Waals surface area contributed by atoms with Crippen LogP contribution in [-0.4, -0.2) is 59.2 Å². The maximum atomic E-state index is 12.0. The maximum Gasteiger partial charge on any atom is 0.224 e. The number of nitrogens with one attached hydrogen (secondary N) is 1. The quantitative estimate of drug-likeness (QED) is 0.733. The van der Waals surface area contributed by atoms with E-state index < -0.39 is 0 Å². The van der Waals surface area contributed by atoms with Gasteiger partial charge in [-0.25, -0.2) is 0 Å². The molecule has 1 amide bonds. The Hall–Kier alpha value is -0.260. The maximum absolute atomic E-state index is 12.0. The van der Waals surface area contributed by atoms with Gasteiger partial charge in [0.2, 0.25) is 5.91 Å². The molecule has 1 aliphatic rings. The normalized spacial score (nSPS) is 21.1. The van der Waals surface area contributed by atoms with Gasteiger partial charge in [0, 0.05) is 43.1 Å². The fourth-order valence-corrected chi connectivity index (χ4v) is 2.81. The number of carbonyl (C=O) groups excluding carboxylic acids is 1. The summed E-state index contributed by atoms with van der Waals surface area (Å²) in [5.41, 5.74) is 0. The third-order valence-electron chi connectivity index (χ3n) is 2.70. The van der Waals surface area contributed by atoms with Crippen molar-refractivity contribution in [3.05, 3.63) is 0 Å². The molecule has 1 unspecified atom stereocenters. The first-order valence-corrected chi connectivity index (χ1v) is 7.02. The highest BCUT2D eigenvalue weighted by Gasteiger charge is 2.22.